The van der Waals surface area contributed by atoms with Crippen molar-refractivity contribution >= 4 is 75.9 Å². The summed E-state index contributed by atoms with van der Waals surface area (Å²) in [7, 11) is 0. The fourth-order valence-electron chi connectivity index (χ4n) is 8.76. The monoisotopic (exact) mass is 744 g/mol. The highest BCUT2D eigenvalue weighted by molar-refractivity contribution is 7.22. The van der Waals surface area contributed by atoms with Gasteiger partial charge in [-0.25, -0.2) is 9.97 Å². The molecule has 0 N–H and O–H groups in total. The average molecular weight is 745 g/mol. The van der Waals surface area contributed by atoms with Gasteiger partial charge in [0, 0.05) is 37.7 Å². The highest BCUT2D eigenvalue weighted by Crippen LogP contribution is 2.43. The third-order valence-electron chi connectivity index (χ3n) is 11.3. The van der Waals surface area contributed by atoms with Crippen LogP contribution in [0.5, 0.6) is 0 Å². The molecule has 0 spiro atoms. The normalized spacial score (nSPS) is 11.9. The predicted molar refractivity (Wildman–Crippen MR) is 240 cm³/mol. The molecular weight excluding hydrogens is 713 g/mol. The summed E-state index contributed by atoms with van der Waals surface area (Å²) < 4.78 is 5.74. The molecule has 0 radical (unpaired) electrons. The summed E-state index contributed by atoms with van der Waals surface area (Å²) >= 11 is 1.75. The SMILES string of the molecule is c1ccc(-c2cc3nc(-n4c5ccccc5c5c(-c6ccc7c(c6)c6cc8ccccc8cc6n7-c6ccccc6)cccc54)nc(-c4ccccc4)c3s2)cc1. The van der Waals surface area contributed by atoms with Crippen molar-refractivity contribution in [3.63, 3.8) is 0 Å². The van der Waals surface area contributed by atoms with Gasteiger partial charge in [0.25, 0.3) is 0 Å². The molecule has 266 valence electrons. The van der Waals surface area contributed by atoms with Crippen LogP contribution in [0.2, 0.25) is 0 Å². The van der Waals surface area contributed by atoms with E-state index in [1.54, 1.807) is 11.3 Å². The number of aromatic nitrogens is 4. The molecule has 8 aromatic carbocycles. The number of nitrogens with zero attached hydrogens (tertiary/aromatic N) is 4. The van der Waals surface area contributed by atoms with E-state index in [4.69, 9.17) is 9.97 Å². The molecule has 0 aliphatic rings. The van der Waals surface area contributed by atoms with Crippen molar-refractivity contribution in [3.05, 3.63) is 194 Å². The van der Waals surface area contributed by atoms with E-state index in [-0.39, 0.29) is 0 Å². The minimum Gasteiger partial charge on any atom is -0.309 e. The van der Waals surface area contributed by atoms with Crippen molar-refractivity contribution in [3.8, 4) is 44.5 Å². The van der Waals surface area contributed by atoms with Crippen molar-refractivity contribution < 1.29 is 0 Å². The maximum atomic E-state index is 5.41. The van der Waals surface area contributed by atoms with Crippen molar-refractivity contribution in [2.45, 2.75) is 0 Å². The highest BCUT2D eigenvalue weighted by atomic mass is 32.1. The van der Waals surface area contributed by atoms with Crippen LogP contribution < -0.4 is 0 Å². The number of thiophene rings is 1. The van der Waals surface area contributed by atoms with E-state index < -0.39 is 0 Å². The van der Waals surface area contributed by atoms with Crippen LogP contribution in [0.4, 0.5) is 0 Å². The molecule has 12 aromatic rings. The van der Waals surface area contributed by atoms with Gasteiger partial charge < -0.3 is 4.57 Å². The lowest BCUT2D eigenvalue weighted by Crippen LogP contribution is -2.02. The zero-order valence-corrected chi connectivity index (χ0v) is 31.5. The molecule has 12 rings (SSSR count). The van der Waals surface area contributed by atoms with Gasteiger partial charge in [0.1, 0.15) is 0 Å². The van der Waals surface area contributed by atoms with Gasteiger partial charge in [-0.2, -0.15) is 0 Å². The van der Waals surface area contributed by atoms with E-state index in [0.29, 0.717) is 5.95 Å². The second-order valence-electron chi connectivity index (χ2n) is 14.6. The Bertz CT molecular complexity index is 3510. The van der Waals surface area contributed by atoms with Crippen LogP contribution in [-0.4, -0.2) is 19.1 Å². The number of benzene rings is 8. The Morgan fingerprint density at radius 3 is 1.86 bits per heavy atom. The molecule has 4 nitrogen and oxygen atoms in total. The summed E-state index contributed by atoms with van der Waals surface area (Å²) in [6, 6.07) is 69.6. The van der Waals surface area contributed by atoms with Crippen LogP contribution >= 0.6 is 11.3 Å². The van der Waals surface area contributed by atoms with Crippen molar-refractivity contribution in [2.75, 3.05) is 0 Å². The molecule has 0 unspecified atom stereocenters. The molecule has 4 heterocycles. The Hall–Kier alpha value is -7.34. The average Bonchev–Trinajstić information content (AvgIpc) is 3.96. The van der Waals surface area contributed by atoms with Crippen LogP contribution in [-0.2, 0) is 0 Å². The summed E-state index contributed by atoms with van der Waals surface area (Å²) in [6.45, 7) is 0. The smallest absolute Gasteiger partial charge is 0.235 e. The molecule has 0 amide bonds. The highest BCUT2D eigenvalue weighted by Gasteiger charge is 2.22. The van der Waals surface area contributed by atoms with Gasteiger partial charge in [-0.15, -0.1) is 11.3 Å². The first-order valence-corrected chi connectivity index (χ1v) is 20.1. The summed E-state index contributed by atoms with van der Waals surface area (Å²) in [6.07, 6.45) is 0. The number of fused-ring (bicyclic) bond motifs is 8. The maximum Gasteiger partial charge on any atom is 0.235 e. The Morgan fingerprint density at radius 1 is 0.404 bits per heavy atom. The fourth-order valence-corrected chi connectivity index (χ4v) is 9.87. The molecule has 0 aliphatic heterocycles. The molecule has 0 saturated carbocycles. The van der Waals surface area contributed by atoms with Crippen molar-refractivity contribution in [1.82, 2.24) is 19.1 Å². The molecule has 0 aliphatic carbocycles. The van der Waals surface area contributed by atoms with Gasteiger partial charge in [-0.05, 0) is 82.1 Å². The Labute approximate surface area is 332 Å². The second-order valence-corrected chi connectivity index (χ2v) is 15.7. The van der Waals surface area contributed by atoms with E-state index in [0.717, 1.165) is 38.2 Å². The first-order chi connectivity index (χ1) is 28.3. The lowest BCUT2D eigenvalue weighted by Gasteiger charge is -2.10. The van der Waals surface area contributed by atoms with Gasteiger partial charge in [-0.1, -0.05) is 140 Å². The van der Waals surface area contributed by atoms with E-state index in [2.05, 4.69) is 203 Å². The molecule has 0 fully saturated rings. The van der Waals surface area contributed by atoms with Crippen LogP contribution in [0.25, 0.3) is 109 Å². The van der Waals surface area contributed by atoms with Crippen LogP contribution in [0, 0.1) is 0 Å². The number of rotatable bonds is 5. The van der Waals surface area contributed by atoms with Gasteiger partial charge >= 0.3 is 0 Å². The zero-order chi connectivity index (χ0) is 37.5. The standard InChI is InChI=1S/C52H32N4S/c1-4-15-33(16-5-1)48-32-43-51(57-48)50(34-17-6-2-7-18-34)54-52(53-43)56-44-25-13-12-23-40(44)49-39(24-14-26-46(49)56)37-27-28-45-41(30-37)42-29-35-19-10-11-20-36(35)31-47(42)55(45)38-21-8-3-9-22-38/h1-32H. The topological polar surface area (TPSA) is 35.6 Å². The van der Waals surface area contributed by atoms with E-state index in [1.807, 2.05) is 0 Å². The zero-order valence-electron chi connectivity index (χ0n) is 30.7. The van der Waals surface area contributed by atoms with Gasteiger partial charge in [0.2, 0.25) is 5.95 Å². The van der Waals surface area contributed by atoms with Crippen LogP contribution in [0.3, 0.4) is 0 Å². The summed E-state index contributed by atoms with van der Waals surface area (Å²) in [5.74, 6) is 0.662. The lowest BCUT2D eigenvalue weighted by atomic mass is 9.97. The van der Waals surface area contributed by atoms with Gasteiger partial charge in [0.05, 0.1) is 38.0 Å². The van der Waals surface area contributed by atoms with E-state index >= 15 is 0 Å². The fraction of sp³-hybridized carbons (Fsp3) is 0. The second kappa shape index (κ2) is 12.6. The Balaban J connectivity index is 1.11. The molecule has 4 aromatic heterocycles. The van der Waals surface area contributed by atoms with E-state index in [1.165, 1.54) is 64.9 Å². The number of hydrogen-bond acceptors (Lipinski definition) is 3. The first kappa shape index (κ1) is 32.0. The van der Waals surface area contributed by atoms with Crippen LogP contribution in [0.1, 0.15) is 0 Å². The molecule has 0 atom stereocenters. The minimum atomic E-state index is 0.662. The third-order valence-corrected chi connectivity index (χ3v) is 12.5. The summed E-state index contributed by atoms with van der Waals surface area (Å²) in [4.78, 5) is 11.9. The quantitative estimate of drug-likeness (QED) is 0.176. The molecule has 5 heteroatoms. The number of para-hydroxylation sites is 2. The first-order valence-electron chi connectivity index (χ1n) is 19.2. The molecule has 0 saturated heterocycles. The van der Waals surface area contributed by atoms with Crippen molar-refractivity contribution in [1.29, 1.82) is 0 Å². The number of hydrogen-bond donors (Lipinski definition) is 0. The summed E-state index contributed by atoms with van der Waals surface area (Å²) in [5, 5.41) is 7.29. The molecular formula is C52H32N4S. The third kappa shape index (κ3) is 4.99. The molecule has 0 bridgehead atoms. The van der Waals surface area contributed by atoms with Gasteiger partial charge in [-0.3, -0.25) is 4.57 Å². The van der Waals surface area contributed by atoms with Crippen molar-refractivity contribution in [2.24, 2.45) is 0 Å². The minimum absolute atomic E-state index is 0.662. The van der Waals surface area contributed by atoms with Gasteiger partial charge in [0.15, 0.2) is 0 Å². The Kier molecular flexibility index (Phi) is 7.06. The predicted octanol–water partition coefficient (Wildman–Crippen LogP) is 14.0. The molecule has 57 heavy (non-hydrogen) atoms. The largest absolute Gasteiger partial charge is 0.309 e. The van der Waals surface area contributed by atoms with E-state index in [9.17, 15) is 0 Å². The Morgan fingerprint density at radius 2 is 1.05 bits per heavy atom. The lowest BCUT2D eigenvalue weighted by molar-refractivity contribution is 1.02. The van der Waals surface area contributed by atoms with Crippen LogP contribution in [0.15, 0.2) is 194 Å². The summed E-state index contributed by atoms with van der Waals surface area (Å²) in [5.41, 5.74) is 12.2. The maximum absolute atomic E-state index is 5.41.